The molecule has 2 rings (SSSR count). The largest absolute Gasteiger partial charge is 0.496 e. The van der Waals surface area contributed by atoms with E-state index in [2.05, 4.69) is 27.7 Å². The summed E-state index contributed by atoms with van der Waals surface area (Å²) in [5, 5.41) is 0. The van der Waals surface area contributed by atoms with E-state index in [1.54, 1.807) is 7.11 Å². The Bertz CT molecular complexity index is 640. The molecule has 0 radical (unpaired) electrons. The SMILES string of the molecule is COc1cc(C(C)C)ccc1C(=O)N1CCCN(C(=O)CC(C)C)CC1. The van der Waals surface area contributed by atoms with Gasteiger partial charge >= 0.3 is 0 Å². The molecule has 0 aromatic heterocycles. The number of nitrogens with zero attached hydrogens (tertiary/aromatic N) is 2. The van der Waals surface area contributed by atoms with Crippen molar-refractivity contribution in [3.8, 4) is 5.75 Å². The molecule has 0 aliphatic carbocycles. The van der Waals surface area contributed by atoms with Crippen molar-refractivity contribution >= 4 is 11.8 Å². The lowest BCUT2D eigenvalue weighted by atomic mass is 10.0. The molecule has 0 unspecified atom stereocenters. The second-order valence-electron chi connectivity index (χ2n) is 7.74. The Kier molecular flexibility index (Phi) is 7.06. The molecule has 0 bridgehead atoms. The van der Waals surface area contributed by atoms with Gasteiger partial charge in [0, 0.05) is 32.6 Å². The first-order chi connectivity index (χ1) is 12.3. The second-order valence-corrected chi connectivity index (χ2v) is 7.74. The molecule has 5 nitrogen and oxygen atoms in total. The summed E-state index contributed by atoms with van der Waals surface area (Å²) in [5.41, 5.74) is 1.75. The van der Waals surface area contributed by atoms with Crippen LogP contribution in [-0.2, 0) is 4.79 Å². The third-order valence-corrected chi connectivity index (χ3v) is 4.84. The highest BCUT2D eigenvalue weighted by Crippen LogP contribution is 2.26. The highest BCUT2D eigenvalue weighted by molar-refractivity contribution is 5.97. The van der Waals surface area contributed by atoms with Gasteiger partial charge in [-0.05, 0) is 36.0 Å². The maximum absolute atomic E-state index is 13.0. The fourth-order valence-corrected chi connectivity index (χ4v) is 3.26. The molecule has 1 aromatic rings. The van der Waals surface area contributed by atoms with Crippen LogP contribution in [-0.4, -0.2) is 54.9 Å². The lowest BCUT2D eigenvalue weighted by molar-refractivity contribution is -0.131. The average molecular weight is 360 g/mol. The molecule has 1 fully saturated rings. The number of rotatable bonds is 5. The standard InChI is InChI=1S/C21H32N2O3/c1-15(2)13-20(24)22-9-6-10-23(12-11-22)21(25)18-8-7-17(16(3)4)14-19(18)26-5/h7-8,14-16H,6,9-13H2,1-5H3. The number of hydrogen-bond acceptors (Lipinski definition) is 3. The number of carbonyl (C=O) groups is 2. The molecule has 144 valence electrons. The third kappa shape index (κ3) is 4.99. The monoisotopic (exact) mass is 360 g/mol. The van der Waals surface area contributed by atoms with Crippen molar-refractivity contribution < 1.29 is 14.3 Å². The molecule has 2 amide bonds. The molecule has 0 spiro atoms. The highest BCUT2D eigenvalue weighted by atomic mass is 16.5. The zero-order valence-corrected chi connectivity index (χ0v) is 16.7. The van der Waals surface area contributed by atoms with Crippen molar-refractivity contribution in [2.24, 2.45) is 5.92 Å². The van der Waals surface area contributed by atoms with Crippen LogP contribution in [0.25, 0.3) is 0 Å². The first kappa shape index (κ1) is 20.3. The average Bonchev–Trinajstić information content (AvgIpc) is 2.86. The van der Waals surface area contributed by atoms with Crippen LogP contribution in [0.3, 0.4) is 0 Å². The Hall–Kier alpha value is -2.04. The first-order valence-corrected chi connectivity index (χ1v) is 9.58. The van der Waals surface area contributed by atoms with Crippen LogP contribution in [0.1, 0.15) is 62.4 Å². The zero-order valence-electron chi connectivity index (χ0n) is 16.7. The zero-order chi connectivity index (χ0) is 19.3. The minimum Gasteiger partial charge on any atom is -0.496 e. The van der Waals surface area contributed by atoms with Crippen LogP contribution in [0, 0.1) is 5.92 Å². The van der Waals surface area contributed by atoms with E-state index in [1.807, 2.05) is 28.0 Å². The number of carbonyl (C=O) groups excluding carboxylic acids is 2. The summed E-state index contributed by atoms with van der Waals surface area (Å²) in [6.45, 7) is 10.9. The molecule has 0 N–H and O–H groups in total. The van der Waals surface area contributed by atoms with Crippen molar-refractivity contribution in [2.75, 3.05) is 33.3 Å². The van der Waals surface area contributed by atoms with Crippen molar-refractivity contribution in [1.29, 1.82) is 0 Å². The Balaban J connectivity index is 2.09. The van der Waals surface area contributed by atoms with Gasteiger partial charge in [-0.15, -0.1) is 0 Å². The number of ether oxygens (including phenoxy) is 1. The highest BCUT2D eigenvalue weighted by Gasteiger charge is 2.25. The van der Waals surface area contributed by atoms with Crippen molar-refractivity contribution in [3.05, 3.63) is 29.3 Å². The smallest absolute Gasteiger partial charge is 0.257 e. The fourth-order valence-electron chi connectivity index (χ4n) is 3.26. The van der Waals surface area contributed by atoms with Crippen molar-refractivity contribution in [3.63, 3.8) is 0 Å². The lowest BCUT2D eigenvalue weighted by Crippen LogP contribution is -2.37. The molecular weight excluding hydrogens is 328 g/mol. The van der Waals surface area contributed by atoms with Gasteiger partial charge in [0.15, 0.2) is 0 Å². The Morgan fingerprint density at radius 3 is 2.31 bits per heavy atom. The number of hydrogen-bond donors (Lipinski definition) is 0. The number of benzene rings is 1. The fraction of sp³-hybridized carbons (Fsp3) is 0.619. The maximum atomic E-state index is 13.0. The topological polar surface area (TPSA) is 49.9 Å². The maximum Gasteiger partial charge on any atom is 0.257 e. The van der Waals surface area contributed by atoms with E-state index < -0.39 is 0 Å². The summed E-state index contributed by atoms with van der Waals surface area (Å²) in [7, 11) is 1.60. The molecule has 1 saturated heterocycles. The quantitative estimate of drug-likeness (QED) is 0.807. The Labute approximate surface area is 157 Å². The van der Waals surface area contributed by atoms with Gasteiger partial charge in [-0.25, -0.2) is 0 Å². The summed E-state index contributed by atoms with van der Waals surface area (Å²) in [6.07, 6.45) is 1.38. The van der Waals surface area contributed by atoms with Gasteiger partial charge in [0.1, 0.15) is 5.75 Å². The van der Waals surface area contributed by atoms with Gasteiger partial charge < -0.3 is 14.5 Å². The molecule has 1 aliphatic heterocycles. The minimum absolute atomic E-state index is 0.0182. The normalized spacial score (nSPS) is 15.3. The molecule has 1 aliphatic rings. The van der Waals surface area contributed by atoms with E-state index in [0.717, 1.165) is 18.5 Å². The van der Waals surface area contributed by atoms with Crippen LogP contribution in [0.2, 0.25) is 0 Å². The van der Waals surface area contributed by atoms with Crippen LogP contribution in [0.4, 0.5) is 0 Å². The van der Waals surface area contributed by atoms with Crippen LogP contribution in [0.15, 0.2) is 18.2 Å². The first-order valence-electron chi connectivity index (χ1n) is 9.58. The molecule has 5 heteroatoms. The van der Waals surface area contributed by atoms with Gasteiger partial charge in [-0.2, -0.15) is 0 Å². The van der Waals surface area contributed by atoms with E-state index in [-0.39, 0.29) is 11.8 Å². The minimum atomic E-state index is -0.0182. The predicted molar refractivity (Wildman–Crippen MR) is 104 cm³/mol. The van der Waals surface area contributed by atoms with E-state index in [4.69, 9.17) is 4.74 Å². The van der Waals surface area contributed by atoms with Crippen LogP contribution in [0.5, 0.6) is 5.75 Å². The molecule has 0 atom stereocenters. The van der Waals surface area contributed by atoms with Gasteiger partial charge in [0.05, 0.1) is 12.7 Å². The van der Waals surface area contributed by atoms with Crippen LogP contribution < -0.4 is 4.74 Å². The summed E-state index contributed by atoms with van der Waals surface area (Å²) < 4.78 is 5.47. The summed E-state index contributed by atoms with van der Waals surface area (Å²) in [6, 6.07) is 5.81. The molecule has 1 aromatic carbocycles. The second kappa shape index (κ2) is 9.06. The van der Waals surface area contributed by atoms with Gasteiger partial charge in [0.25, 0.3) is 5.91 Å². The van der Waals surface area contributed by atoms with Crippen LogP contribution >= 0.6 is 0 Å². The van der Waals surface area contributed by atoms with Gasteiger partial charge in [-0.1, -0.05) is 33.8 Å². The molecular formula is C21H32N2O3. The Morgan fingerprint density at radius 1 is 1.04 bits per heavy atom. The van der Waals surface area contributed by atoms with E-state index in [0.29, 0.717) is 49.2 Å². The van der Waals surface area contributed by atoms with Crippen molar-refractivity contribution in [2.45, 2.75) is 46.5 Å². The van der Waals surface area contributed by atoms with E-state index in [1.165, 1.54) is 0 Å². The number of amides is 2. The number of methoxy groups -OCH3 is 1. The molecule has 0 saturated carbocycles. The third-order valence-electron chi connectivity index (χ3n) is 4.84. The summed E-state index contributed by atoms with van der Waals surface area (Å²) in [4.78, 5) is 29.1. The van der Waals surface area contributed by atoms with E-state index in [9.17, 15) is 9.59 Å². The van der Waals surface area contributed by atoms with E-state index >= 15 is 0 Å². The van der Waals surface area contributed by atoms with Gasteiger partial charge in [0.2, 0.25) is 5.91 Å². The lowest BCUT2D eigenvalue weighted by Gasteiger charge is -2.23. The van der Waals surface area contributed by atoms with Gasteiger partial charge in [-0.3, -0.25) is 9.59 Å². The predicted octanol–water partition coefficient (Wildman–Crippen LogP) is 3.54. The molecule has 26 heavy (non-hydrogen) atoms. The molecule has 1 heterocycles. The Morgan fingerprint density at radius 2 is 1.69 bits per heavy atom. The summed E-state index contributed by atoms with van der Waals surface area (Å²) in [5.74, 6) is 1.53. The summed E-state index contributed by atoms with van der Waals surface area (Å²) >= 11 is 0. The van der Waals surface area contributed by atoms with Crippen molar-refractivity contribution in [1.82, 2.24) is 9.80 Å².